The maximum atomic E-state index is 5.60. The fourth-order valence-electron chi connectivity index (χ4n) is 0.787. The molecule has 1 aromatic carbocycles. The second kappa shape index (κ2) is 3.23. The quantitative estimate of drug-likeness (QED) is 0.369. The predicted molar refractivity (Wildman–Crippen MR) is 44.5 cm³/mol. The van der Waals surface area contributed by atoms with Gasteiger partial charge >= 0.3 is 0 Å². The molecule has 0 atom stereocenters. The third-order valence-corrected chi connectivity index (χ3v) is 1.37. The molecule has 0 saturated heterocycles. The topological polar surface area (TPSA) is 64.5 Å². The molecule has 1 aromatic rings. The molecule has 0 heterocycles. The summed E-state index contributed by atoms with van der Waals surface area (Å²) in [4.78, 5) is 4.75. The van der Waals surface area contributed by atoms with E-state index in [0.717, 1.165) is 5.17 Å². The summed E-state index contributed by atoms with van der Waals surface area (Å²) in [6.07, 6.45) is 0. The lowest BCUT2D eigenvalue weighted by molar-refractivity contribution is 0.168. The van der Waals surface area contributed by atoms with Crippen LogP contribution >= 0.6 is 0 Å². The lowest BCUT2D eigenvalue weighted by atomic mass is 10.3. The number of nitrogens with zero attached hydrogens (tertiary/aromatic N) is 1. The highest BCUT2D eigenvalue weighted by molar-refractivity contribution is 5.65. The Morgan fingerprint density at radius 3 is 2.55 bits per heavy atom. The van der Waals surface area contributed by atoms with Crippen molar-refractivity contribution >= 4 is 11.4 Å². The van der Waals surface area contributed by atoms with Crippen molar-refractivity contribution in [2.45, 2.75) is 0 Å². The van der Waals surface area contributed by atoms with Gasteiger partial charge in [0.1, 0.15) is 5.69 Å². The summed E-state index contributed by atoms with van der Waals surface area (Å²) in [7, 11) is 1.48. The molecule has 0 aromatic heterocycles. The zero-order chi connectivity index (χ0) is 8.27. The molecule has 4 heteroatoms. The minimum absolute atomic E-state index is 0.594. The van der Waals surface area contributed by atoms with Gasteiger partial charge in [0, 0.05) is 0 Å². The summed E-state index contributed by atoms with van der Waals surface area (Å²) in [5.41, 5.74) is 6.85. The van der Waals surface area contributed by atoms with Gasteiger partial charge in [-0.25, -0.2) is 5.84 Å². The van der Waals surface area contributed by atoms with Crippen LogP contribution in [0.25, 0.3) is 0 Å². The van der Waals surface area contributed by atoms with Gasteiger partial charge in [-0.3, -0.25) is 4.84 Å². The number of nitrogens with two attached hydrogens (primary N) is 2. The van der Waals surface area contributed by atoms with E-state index >= 15 is 0 Å². The van der Waals surface area contributed by atoms with Crippen LogP contribution in [0.5, 0.6) is 0 Å². The van der Waals surface area contributed by atoms with Gasteiger partial charge in [-0.15, -0.1) is 0 Å². The molecule has 11 heavy (non-hydrogen) atoms. The summed E-state index contributed by atoms with van der Waals surface area (Å²) >= 11 is 0. The SMILES string of the molecule is CON(N)c1ccccc1N. The molecule has 0 radical (unpaired) electrons. The monoisotopic (exact) mass is 153 g/mol. The highest BCUT2D eigenvalue weighted by Gasteiger charge is 2.01. The van der Waals surface area contributed by atoms with Gasteiger partial charge in [-0.2, -0.15) is 5.17 Å². The molecule has 0 unspecified atom stereocenters. The van der Waals surface area contributed by atoms with E-state index in [1.54, 1.807) is 12.1 Å². The van der Waals surface area contributed by atoms with Crippen LogP contribution in [0.2, 0.25) is 0 Å². The van der Waals surface area contributed by atoms with Gasteiger partial charge in [0.15, 0.2) is 0 Å². The second-order valence-electron chi connectivity index (χ2n) is 2.07. The van der Waals surface area contributed by atoms with Crippen molar-refractivity contribution in [2.24, 2.45) is 5.84 Å². The number of benzene rings is 1. The zero-order valence-electron chi connectivity index (χ0n) is 6.32. The summed E-state index contributed by atoms with van der Waals surface area (Å²) in [6.45, 7) is 0. The lowest BCUT2D eigenvalue weighted by Crippen LogP contribution is -2.29. The summed E-state index contributed by atoms with van der Waals surface area (Å²) < 4.78 is 0. The molecule has 1 rings (SSSR count). The Balaban J connectivity index is 2.93. The van der Waals surface area contributed by atoms with Crippen LogP contribution in [0, 0.1) is 0 Å². The second-order valence-corrected chi connectivity index (χ2v) is 2.07. The average Bonchev–Trinajstić information content (AvgIpc) is 2.04. The zero-order valence-corrected chi connectivity index (χ0v) is 6.32. The van der Waals surface area contributed by atoms with Crippen molar-refractivity contribution < 1.29 is 4.84 Å². The number of rotatable bonds is 2. The van der Waals surface area contributed by atoms with Crippen molar-refractivity contribution in [1.82, 2.24) is 0 Å². The number of anilines is 2. The van der Waals surface area contributed by atoms with Crippen molar-refractivity contribution in [3.05, 3.63) is 24.3 Å². The first-order valence-corrected chi connectivity index (χ1v) is 3.19. The van der Waals surface area contributed by atoms with E-state index in [1.165, 1.54) is 7.11 Å². The van der Waals surface area contributed by atoms with E-state index in [2.05, 4.69) is 0 Å². The predicted octanol–water partition coefficient (Wildman–Crippen LogP) is 0.510. The molecule has 4 nitrogen and oxygen atoms in total. The highest BCUT2D eigenvalue weighted by atomic mass is 16.7. The van der Waals surface area contributed by atoms with Crippen LogP contribution in [0.4, 0.5) is 11.4 Å². The third-order valence-electron chi connectivity index (χ3n) is 1.37. The molecular formula is C7H11N3O. The summed E-state index contributed by atoms with van der Waals surface area (Å²) in [5.74, 6) is 5.43. The van der Waals surface area contributed by atoms with Crippen molar-refractivity contribution in [2.75, 3.05) is 18.0 Å². The van der Waals surface area contributed by atoms with E-state index in [0.29, 0.717) is 11.4 Å². The fraction of sp³-hybridized carbons (Fsp3) is 0.143. The van der Waals surface area contributed by atoms with Crippen LogP contribution in [0.15, 0.2) is 24.3 Å². The Bertz CT molecular complexity index is 239. The van der Waals surface area contributed by atoms with Crippen LogP contribution in [0.1, 0.15) is 0 Å². The Morgan fingerprint density at radius 2 is 2.00 bits per heavy atom. The van der Waals surface area contributed by atoms with E-state index in [1.807, 2.05) is 12.1 Å². The first-order chi connectivity index (χ1) is 5.25. The maximum absolute atomic E-state index is 5.60. The van der Waals surface area contributed by atoms with E-state index in [-0.39, 0.29) is 0 Å². The Morgan fingerprint density at radius 1 is 1.36 bits per heavy atom. The molecule has 0 aliphatic rings. The standard InChI is InChI=1S/C7H11N3O/c1-11-10(9)7-5-3-2-4-6(7)8/h2-5H,8-9H2,1H3. The van der Waals surface area contributed by atoms with Crippen molar-refractivity contribution in [3.63, 3.8) is 0 Å². The van der Waals surface area contributed by atoms with Crippen LogP contribution < -0.4 is 16.7 Å². The third kappa shape index (κ3) is 1.60. The van der Waals surface area contributed by atoms with E-state index in [9.17, 15) is 0 Å². The summed E-state index contributed by atoms with van der Waals surface area (Å²) in [5, 5.41) is 1.12. The molecular weight excluding hydrogens is 142 g/mol. The first-order valence-electron chi connectivity index (χ1n) is 3.19. The van der Waals surface area contributed by atoms with Crippen LogP contribution in [-0.2, 0) is 4.84 Å². The molecule has 0 fully saturated rings. The molecule has 4 N–H and O–H groups in total. The smallest absolute Gasteiger partial charge is 0.105 e. The Hall–Kier alpha value is -1.26. The average molecular weight is 153 g/mol. The van der Waals surface area contributed by atoms with Crippen LogP contribution in [0.3, 0.4) is 0 Å². The maximum Gasteiger partial charge on any atom is 0.105 e. The lowest BCUT2D eigenvalue weighted by Gasteiger charge is -2.16. The van der Waals surface area contributed by atoms with Gasteiger partial charge in [0.25, 0.3) is 0 Å². The van der Waals surface area contributed by atoms with Gasteiger partial charge in [0.2, 0.25) is 0 Å². The summed E-state index contributed by atoms with van der Waals surface area (Å²) in [6, 6.07) is 7.21. The Kier molecular flexibility index (Phi) is 2.30. The molecule has 0 amide bonds. The van der Waals surface area contributed by atoms with Gasteiger partial charge in [0.05, 0.1) is 12.8 Å². The molecule has 0 spiro atoms. The fourth-order valence-corrected chi connectivity index (χ4v) is 0.787. The van der Waals surface area contributed by atoms with Crippen LogP contribution in [-0.4, -0.2) is 7.11 Å². The van der Waals surface area contributed by atoms with Crippen molar-refractivity contribution in [3.8, 4) is 0 Å². The molecule has 0 aliphatic carbocycles. The van der Waals surface area contributed by atoms with E-state index < -0.39 is 0 Å². The number of para-hydroxylation sites is 2. The van der Waals surface area contributed by atoms with E-state index in [4.69, 9.17) is 16.4 Å². The number of nitrogen functional groups attached to an aromatic ring is 1. The highest BCUT2D eigenvalue weighted by Crippen LogP contribution is 2.19. The van der Waals surface area contributed by atoms with Crippen molar-refractivity contribution in [1.29, 1.82) is 0 Å². The minimum atomic E-state index is 0.594. The molecule has 0 saturated carbocycles. The number of hydrazine groups is 1. The number of hydrogen-bond acceptors (Lipinski definition) is 4. The molecule has 60 valence electrons. The van der Waals surface area contributed by atoms with Gasteiger partial charge < -0.3 is 5.73 Å². The Labute approximate surface area is 65.3 Å². The first kappa shape index (κ1) is 7.84. The normalized spacial score (nSPS) is 9.64. The number of hydrogen-bond donors (Lipinski definition) is 2. The largest absolute Gasteiger partial charge is 0.397 e. The molecule has 0 aliphatic heterocycles. The van der Waals surface area contributed by atoms with Gasteiger partial charge in [-0.1, -0.05) is 12.1 Å². The van der Waals surface area contributed by atoms with Gasteiger partial charge in [-0.05, 0) is 12.1 Å². The minimum Gasteiger partial charge on any atom is -0.397 e. The molecule has 0 bridgehead atoms.